The van der Waals surface area contributed by atoms with Gasteiger partial charge in [-0.1, -0.05) is 24.0 Å². The summed E-state index contributed by atoms with van der Waals surface area (Å²) in [5.41, 5.74) is 1.02. The fraction of sp³-hybridized carbons (Fsp3) is 0.222. The van der Waals surface area contributed by atoms with Crippen molar-refractivity contribution in [1.82, 2.24) is 5.32 Å². The first-order chi connectivity index (χ1) is 5.86. The van der Waals surface area contributed by atoms with E-state index in [0.29, 0.717) is 5.17 Å². The van der Waals surface area contributed by atoms with Gasteiger partial charge in [0.05, 0.1) is 5.70 Å². The Morgan fingerprint density at radius 3 is 3.50 bits per heavy atom. The zero-order valence-electron chi connectivity index (χ0n) is 6.41. The first kappa shape index (κ1) is 7.51. The van der Waals surface area contributed by atoms with Crippen molar-refractivity contribution in [3.63, 3.8) is 0 Å². The zero-order valence-corrected chi connectivity index (χ0v) is 7.31. The lowest BCUT2D eigenvalue weighted by Crippen LogP contribution is -2.14. The molecule has 0 aromatic rings. The number of thiol groups is 1. The van der Waals surface area contributed by atoms with Crippen molar-refractivity contribution < 1.29 is 0 Å². The van der Waals surface area contributed by atoms with E-state index < -0.39 is 0 Å². The number of nitrogens with one attached hydrogen (secondary N) is 1. The molecule has 1 aliphatic carbocycles. The molecule has 1 aliphatic heterocycles. The summed E-state index contributed by atoms with van der Waals surface area (Å²) in [5, 5.41) is 3.69. The van der Waals surface area contributed by atoms with E-state index in [4.69, 9.17) is 0 Å². The largest absolute Gasteiger partial charge is 0.336 e. The summed E-state index contributed by atoms with van der Waals surface area (Å²) in [6, 6.07) is -0.0255. The Bertz CT molecular complexity index is 341. The molecule has 0 saturated carbocycles. The summed E-state index contributed by atoms with van der Waals surface area (Å²) in [4.78, 5) is 4.21. The van der Waals surface area contributed by atoms with Gasteiger partial charge in [-0.3, -0.25) is 0 Å². The summed E-state index contributed by atoms with van der Waals surface area (Å²) in [7, 11) is 0. The molecule has 2 aliphatic rings. The van der Waals surface area contributed by atoms with Gasteiger partial charge >= 0.3 is 0 Å². The summed E-state index contributed by atoms with van der Waals surface area (Å²) in [6.45, 7) is 0. The van der Waals surface area contributed by atoms with Crippen molar-refractivity contribution in [2.24, 2.45) is 4.99 Å². The predicted molar refractivity (Wildman–Crippen MR) is 53.0 cm³/mol. The Kier molecular flexibility index (Phi) is 1.92. The number of amidine groups is 1. The molecule has 0 amide bonds. The first-order valence-electron chi connectivity index (χ1n) is 3.75. The van der Waals surface area contributed by atoms with Crippen molar-refractivity contribution in [3.8, 4) is 11.8 Å². The second-order valence-corrected chi connectivity index (χ2v) is 2.98. The quantitative estimate of drug-likeness (QED) is 0.419. The van der Waals surface area contributed by atoms with E-state index in [-0.39, 0.29) is 6.04 Å². The van der Waals surface area contributed by atoms with Gasteiger partial charge in [0.15, 0.2) is 11.2 Å². The van der Waals surface area contributed by atoms with Crippen molar-refractivity contribution in [3.05, 3.63) is 23.9 Å². The molecule has 1 N–H and O–H groups in total. The Balaban J connectivity index is 2.34. The van der Waals surface area contributed by atoms with E-state index in [9.17, 15) is 0 Å². The number of hydrogen-bond acceptors (Lipinski definition) is 2. The van der Waals surface area contributed by atoms with E-state index in [1.54, 1.807) is 0 Å². The molecule has 0 bridgehead atoms. The predicted octanol–water partition coefficient (Wildman–Crippen LogP) is 1.09. The van der Waals surface area contributed by atoms with Crippen LogP contribution < -0.4 is 5.32 Å². The highest BCUT2D eigenvalue weighted by atomic mass is 32.1. The normalized spacial score (nSPS) is 32.2. The number of fused-ring (bicyclic) bond motifs is 1. The minimum atomic E-state index is -0.0255. The standard InChI is InChI=1S/C9H8N2S/c12-9-10-7-5-3-1-2-4-6-8(7)11-9/h1,3,5,8H,2H2,(H2,10,11,12)/b3-1-,7-5+. The molecule has 2 rings (SSSR count). The van der Waals surface area contributed by atoms with Gasteiger partial charge in [0, 0.05) is 6.42 Å². The van der Waals surface area contributed by atoms with Crippen molar-refractivity contribution in [2.75, 3.05) is 0 Å². The van der Waals surface area contributed by atoms with Gasteiger partial charge in [0.25, 0.3) is 0 Å². The summed E-state index contributed by atoms with van der Waals surface area (Å²) < 4.78 is 0. The smallest absolute Gasteiger partial charge is 0.159 e. The maximum Gasteiger partial charge on any atom is 0.159 e. The number of rotatable bonds is 0. The molecule has 1 atom stereocenters. The Labute approximate surface area is 76.9 Å². The lowest BCUT2D eigenvalue weighted by atomic mass is 10.2. The van der Waals surface area contributed by atoms with Crippen LogP contribution in [0.5, 0.6) is 0 Å². The highest BCUT2D eigenvalue weighted by molar-refractivity contribution is 7.96. The van der Waals surface area contributed by atoms with Crippen molar-refractivity contribution >= 4 is 17.8 Å². The van der Waals surface area contributed by atoms with Crippen molar-refractivity contribution in [2.45, 2.75) is 12.5 Å². The molecule has 60 valence electrons. The molecular weight excluding hydrogens is 168 g/mol. The molecule has 0 saturated heterocycles. The van der Waals surface area contributed by atoms with Gasteiger partial charge in [0.1, 0.15) is 0 Å². The summed E-state index contributed by atoms with van der Waals surface area (Å²) >= 11 is 4.12. The van der Waals surface area contributed by atoms with Gasteiger partial charge in [-0.15, -0.1) is 12.6 Å². The van der Waals surface area contributed by atoms with E-state index in [1.165, 1.54) is 0 Å². The van der Waals surface area contributed by atoms with E-state index in [1.807, 2.05) is 18.2 Å². The van der Waals surface area contributed by atoms with Gasteiger partial charge in [0.2, 0.25) is 0 Å². The van der Waals surface area contributed by atoms with Crippen LogP contribution in [0.2, 0.25) is 0 Å². The molecule has 0 aromatic carbocycles. The Hall–Kier alpha value is -1.14. The number of allylic oxidation sites excluding steroid dienone is 3. The monoisotopic (exact) mass is 176 g/mol. The molecule has 3 heteroatoms. The molecule has 0 aromatic heterocycles. The van der Waals surface area contributed by atoms with Crippen LogP contribution >= 0.6 is 12.6 Å². The third-order valence-electron chi connectivity index (χ3n) is 1.67. The highest BCUT2D eigenvalue weighted by Gasteiger charge is 2.17. The van der Waals surface area contributed by atoms with Crippen LogP contribution in [0.4, 0.5) is 0 Å². The fourth-order valence-electron chi connectivity index (χ4n) is 1.12. The Morgan fingerprint density at radius 2 is 2.58 bits per heavy atom. The summed E-state index contributed by atoms with van der Waals surface area (Å²) in [6.07, 6.45) is 6.81. The lowest BCUT2D eigenvalue weighted by molar-refractivity contribution is 0.981. The second-order valence-electron chi connectivity index (χ2n) is 2.56. The fourth-order valence-corrected chi connectivity index (χ4v) is 1.36. The number of aliphatic imine (C=N–C) groups is 1. The van der Waals surface area contributed by atoms with Crippen LogP contribution in [0.25, 0.3) is 0 Å². The minimum Gasteiger partial charge on any atom is -0.336 e. The molecule has 12 heavy (non-hydrogen) atoms. The Morgan fingerprint density at radius 1 is 1.67 bits per heavy atom. The van der Waals surface area contributed by atoms with Crippen LogP contribution in [-0.2, 0) is 0 Å². The maximum absolute atomic E-state index is 4.21. The van der Waals surface area contributed by atoms with Gasteiger partial charge in [-0.25, -0.2) is 4.99 Å². The van der Waals surface area contributed by atoms with E-state index in [0.717, 1.165) is 12.1 Å². The second kappa shape index (κ2) is 3.08. The molecule has 0 spiro atoms. The average molecular weight is 176 g/mol. The van der Waals surface area contributed by atoms with Crippen LogP contribution in [0.1, 0.15) is 6.42 Å². The average Bonchev–Trinajstić information content (AvgIpc) is 2.32. The van der Waals surface area contributed by atoms with Gasteiger partial charge in [-0.05, 0) is 6.08 Å². The SMILES string of the molecule is SC1=NC2C#CC/C=C\C=C/2N1. The molecule has 2 nitrogen and oxygen atoms in total. The van der Waals surface area contributed by atoms with Gasteiger partial charge < -0.3 is 5.32 Å². The zero-order chi connectivity index (χ0) is 8.39. The van der Waals surface area contributed by atoms with Crippen LogP contribution in [0.3, 0.4) is 0 Å². The van der Waals surface area contributed by atoms with Crippen LogP contribution in [-0.4, -0.2) is 11.2 Å². The third kappa shape index (κ3) is 1.39. The first-order valence-corrected chi connectivity index (χ1v) is 4.20. The maximum atomic E-state index is 4.21. The number of nitrogens with zero attached hydrogens (tertiary/aromatic N) is 1. The van der Waals surface area contributed by atoms with Crippen molar-refractivity contribution in [1.29, 1.82) is 0 Å². The molecule has 0 radical (unpaired) electrons. The van der Waals surface area contributed by atoms with Gasteiger partial charge in [-0.2, -0.15) is 0 Å². The van der Waals surface area contributed by atoms with E-state index in [2.05, 4.69) is 34.8 Å². The summed E-state index contributed by atoms with van der Waals surface area (Å²) in [5.74, 6) is 6.07. The topological polar surface area (TPSA) is 24.4 Å². The highest BCUT2D eigenvalue weighted by Crippen LogP contribution is 2.12. The third-order valence-corrected chi connectivity index (χ3v) is 1.90. The lowest BCUT2D eigenvalue weighted by Gasteiger charge is -2.01. The van der Waals surface area contributed by atoms with Crippen LogP contribution in [0, 0.1) is 11.8 Å². The molecule has 1 heterocycles. The van der Waals surface area contributed by atoms with E-state index >= 15 is 0 Å². The molecule has 1 unspecified atom stereocenters. The molecular formula is C9H8N2S. The van der Waals surface area contributed by atoms with Crippen LogP contribution in [0.15, 0.2) is 28.9 Å². The minimum absolute atomic E-state index is 0.0255. The molecule has 0 fully saturated rings. The number of hydrogen-bond donors (Lipinski definition) is 2.